The minimum Gasteiger partial charge on any atom is -0.393 e. The van der Waals surface area contributed by atoms with Crippen molar-refractivity contribution in [2.75, 3.05) is 6.54 Å². The van der Waals surface area contributed by atoms with Crippen molar-refractivity contribution in [3.8, 4) is 0 Å². The highest BCUT2D eigenvalue weighted by atomic mass is 16.3. The van der Waals surface area contributed by atoms with Gasteiger partial charge in [0.2, 0.25) is 0 Å². The lowest BCUT2D eigenvalue weighted by atomic mass is 9.94. The van der Waals surface area contributed by atoms with Crippen molar-refractivity contribution in [3.63, 3.8) is 0 Å². The van der Waals surface area contributed by atoms with Crippen molar-refractivity contribution in [1.29, 1.82) is 0 Å². The van der Waals surface area contributed by atoms with Crippen LogP contribution in [0.4, 0.5) is 0 Å². The zero-order chi connectivity index (χ0) is 10.0. The molecular weight excluding hydrogens is 162 g/mol. The van der Waals surface area contributed by atoms with Crippen molar-refractivity contribution in [2.24, 2.45) is 5.92 Å². The van der Waals surface area contributed by atoms with Crippen LogP contribution in [0.25, 0.3) is 0 Å². The SMILES string of the molecule is CC(C)CN1C(C)CC(O)CC1C. The van der Waals surface area contributed by atoms with Gasteiger partial charge in [-0.15, -0.1) is 0 Å². The molecule has 1 rings (SSSR count). The molecule has 0 radical (unpaired) electrons. The van der Waals surface area contributed by atoms with E-state index in [9.17, 15) is 5.11 Å². The van der Waals surface area contributed by atoms with Gasteiger partial charge in [0.25, 0.3) is 0 Å². The van der Waals surface area contributed by atoms with Crippen LogP contribution >= 0.6 is 0 Å². The molecule has 1 saturated heterocycles. The van der Waals surface area contributed by atoms with E-state index in [1.807, 2.05) is 0 Å². The van der Waals surface area contributed by atoms with E-state index in [0.717, 1.165) is 25.3 Å². The van der Waals surface area contributed by atoms with Crippen molar-refractivity contribution in [2.45, 2.75) is 58.7 Å². The first kappa shape index (κ1) is 11.0. The summed E-state index contributed by atoms with van der Waals surface area (Å²) in [5.41, 5.74) is 0. The van der Waals surface area contributed by atoms with Gasteiger partial charge in [-0.25, -0.2) is 0 Å². The maximum Gasteiger partial charge on any atom is 0.0569 e. The summed E-state index contributed by atoms with van der Waals surface area (Å²) in [6.07, 6.45) is 1.81. The third kappa shape index (κ3) is 2.96. The first-order chi connectivity index (χ1) is 6.00. The van der Waals surface area contributed by atoms with Gasteiger partial charge in [-0.1, -0.05) is 13.8 Å². The molecule has 0 aromatic rings. The molecule has 2 heteroatoms. The van der Waals surface area contributed by atoms with E-state index in [2.05, 4.69) is 32.6 Å². The summed E-state index contributed by atoms with van der Waals surface area (Å²) in [5, 5.41) is 9.58. The van der Waals surface area contributed by atoms with E-state index in [0.29, 0.717) is 12.1 Å². The molecule has 1 heterocycles. The van der Waals surface area contributed by atoms with Gasteiger partial charge in [-0.05, 0) is 32.6 Å². The van der Waals surface area contributed by atoms with Crippen LogP contribution < -0.4 is 0 Å². The van der Waals surface area contributed by atoms with Crippen LogP contribution in [0.15, 0.2) is 0 Å². The molecule has 2 nitrogen and oxygen atoms in total. The van der Waals surface area contributed by atoms with Gasteiger partial charge >= 0.3 is 0 Å². The maximum absolute atomic E-state index is 9.58. The Labute approximate surface area is 81.9 Å². The molecule has 2 atom stereocenters. The number of aliphatic hydroxyl groups is 1. The highest BCUT2D eigenvalue weighted by Crippen LogP contribution is 2.23. The number of likely N-dealkylation sites (tertiary alicyclic amines) is 1. The lowest BCUT2D eigenvalue weighted by Gasteiger charge is -2.42. The second kappa shape index (κ2) is 4.43. The molecule has 13 heavy (non-hydrogen) atoms. The number of rotatable bonds is 2. The van der Waals surface area contributed by atoms with E-state index in [-0.39, 0.29) is 6.10 Å². The van der Waals surface area contributed by atoms with Gasteiger partial charge < -0.3 is 5.11 Å². The minimum absolute atomic E-state index is 0.0755. The van der Waals surface area contributed by atoms with Gasteiger partial charge in [0.1, 0.15) is 0 Å². The largest absolute Gasteiger partial charge is 0.393 e. The first-order valence-corrected chi connectivity index (χ1v) is 5.44. The fourth-order valence-corrected chi connectivity index (χ4v) is 2.37. The molecule has 0 aromatic carbocycles. The van der Waals surface area contributed by atoms with Crippen molar-refractivity contribution in [1.82, 2.24) is 4.90 Å². The Morgan fingerprint density at radius 3 is 2.08 bits per heavy atom. The third-order valence-electron chi connectivity index (χ3n) is 2.93. The summed E-state index contributed by atoms with van der Waals surface area (Å²) in [7, 11) is 0. The molecule has 2 unspecified atom stereocenters. The second-order valence-electron chi connectivity index (χ2n) is 4.91. The quantitative estimate of drug-likeness (QED) is 0.710. The highest BCUT2D eigenvalue weighted by Gasteiger charge is 2.29. The minimum atomic E-state index is -0.0755. The topological polar surface area (TPSA) is 23.5 Å². The summed E-state index contributed by atoms with van der Waals surface area (Å²) in [4.78, 5) is 2.53. The summed E-state index contributed by atoms with van der Waals surface area (Å²) >= 11 is 0. The fourth-order valence-electron chi connectivity index (χ4n) is 2.37. The van der Waals surface area contributed by atoms with Crippen LogP contribution in [-0.4, -0.2) is 34.7 Å². The lowest BCUT2D eigenvalue weighted by molar-refractivity contribution is 0.00744. The van der Waals surface area contributed by atoms with Gasteiger partial charge in [0.05, 0.1) is 6.10 Å². The molecular formula is C11H23NO. The molecule has 0 aliphatic carbocycles. The zero-order valence-corrected chi connectivity index (χ0v) is 9.33. The van der Waals surface area contributed by atoms with Crippen LogP contribution in [0.1, 0.15) is 40.5 Å². The molecule has 1 fully saturated rings. The molecule has 1 N–H and O–H groups in total. The van der Waals surface area contributed by atoms with Crippen LogP contribution in [-0.2, 0) is 0 Å². The number of aliphatic hydroxyl groups excluding tert-OH is 1. The van der Waals surface area contributed by atoms with Gasteiger partial charge in [-0.3, -0.25) is 4.90 Å². The predicted molar refractivity (Wildman–Crippen MR) is 55.7 cm³/mol. The van der Waals surface area contributed by atoms with Gasteiger partial charge in [0, 0.05) is 18.6 Å². The molecule has 0 aromatic heterocycles. The molecule has 0 spiro atoms. The number of hydrogen-bond acceptors (Lipinski definition) is 2. The van der Waals surface area contributed by atoms with Crippen LogP contribution in [0.2, 0.25) is 0 Å². The molecule has 1 aliphatic heterocycles. The zero-order valence-electron chi connectivity index (χ0n) is 9.33. The summed E-state index contributed by atoms with van der Waals surface area (Å²) < 4.78 is 0. The van der Waals surface area contributed by atoms with Crippen LogP contribution in [0.3, 0.4) is 0 Å². The van der Waals surface area contributed by atoms with Gasteiger partial charge in [0.15, 0.2) is 0 Å². The Kier molecular flexibility index (Phi) is 3.74. The standard InChI is InChI=1S/C11H23NO/c1-8(2)7-12-9(3)5-11(13)6-10(12)4/h8-11,13H,5-7H2,1-4H3. The van der Waals surface area contributed by atoms with E-state index in [4.69, 9.17) is 0 Å². The van der Waals surface area contributed by atoms with Gasteiger partial charge in [-0.2, -0.15) is 0 Å². The van der Waals surface area contributed by atoms with Crippen molar-refractivity contribution < 1.29 is 5.11 Å². The molecule has 78 valence electrons. The molecule has 1 aliphatic rings. The number of nitrogens with zero attached hydrogens (tertiary/aromatic N) is 1. The van der Waals surface area contributed by atoms with E-state index in [1.54, 1.807) is 0 Å². The van der Waals surface area contributed by atoms with Crippen LogP contribution in [0.5, 0.6) is 0 Å². The molecule has 0 amide bonds. The molecule has 0 saturated carbocycles. The Morgan fingerprint density at radius 2 is 1.69 bits per heavy atom. The van der Waals surface area contributed by atoms with E-state index < -0.39 is 0 Å². The Morgan fingerprint density at radius 1 is 1.23 bits per heavy atom. The third-order valence-corrected chi connectivity index (χ3v) is 2.93. The number of piperidine rings is 1. The summed E-state index contributed by atoms with van der Waals surface area (Å²) in [6.45, 7) is 10.1. The monoisotopic (exact) mass is 185 g/mol. The Balaban J connectivity index is 2.51. The Hall–Kier alpha value is -0.0800. The average molecular weight is 185 g/mol. The smallest absolute Gasteiger partial charge is 0.0569 e. The highest BCUT2D eigenvalue weighted by molar-refractivity contribution is 4.84. The average Bonchev–Trinajstić information content (AvgIpc) is 1.96. The van der Waals surface area contributed by atoms with Crippen molar-refractivity contribution in [3.05, 3.63) is 0 Å². The van der Waals surface area contributed by atoms with E-state index in [1.165, 1.54) is 0 Å². The lowest BCUT2D eigenvalue weighted by Crippen LogP contribution is -2.49. The predicted octanol–water partition coefficient (Wildman–Crippen LogP) is 1.88. The first-order valence-electron chi connectivity index (χ1n) is 5.44. The molecule has 0 bridgehead atoms. The fraction of sp³-hybridized carbons (Fsp3) is 1.00. The van der Waals surface area contributed by atoms with Crippen LogP contribution in [0, 0.1) is 5.92 Å². The Bertz CT molecular complexity index is 146. The number of hydrogen-bond donors (Lipinski definition) is 1. The van der Waals surface area contributed by atoms with Crippen molar-refractivity contribution >= 4 is 0 Å². The normalized spacial score (nSPS) is 36.9. The van der Waals surface area contributed by atoms with E-state index >= 15 is 0 Å². The second-order valence-corrected chi connectivity index (χ2v) is 4.91. The summed E-state index contributed by atoms with van der Waals surface area (Å²) in [5.74, 6) is 0.722. The maximum atomic E-state index is 9.58. The summed E-state index contributed by atoms with van der Waals surface area (Å²) in [6, 6.07) is 1.09.